The number of sulfonamides is 1. The minimum Gasteiger partial charge on any atom is -0.489 e. The third kappa shape index (κ3) is 3.91. The van der Waals surface area contributed by atoms with E-state index in [1.807, 2.05) is 24.3 Å². The maximum Gasteiger partial charge on any atom is 0.239 e. The van der Waals surface area contributed by atoms with Crippen molar-refractivity contribution in [3.05, 3.63) is 70.4 Å². The standard InChI is InChI=1S/C19H20FNO3S/c1-21(12-13-24-19-9-5-4-8-18(19)20)25(22,23)17-11-10-15-6-2-3-7-16(15)14-17/h2-9,14H,10-13H2,1H3. The summed E-state index contributed by atoms with van der Waals surface area (Å²) in [5, 5.41) is 0. The number of halogens is 1. The Bertz CT molecular complexity index is 893. The number of likely N-dealkylation sites (N-methyl/N-ethyl adjacent to an activating group) is 1. The number of benzene rings is 2. The van der Waals surface area contributed by atoms with Crippen LogP contribution in [-0.2, 0) is 16.4 Å². The second-order valence-electron chi connectivity index (χ2n) is 5.91. The van der Waals surface area contributed by atoms with E-state index in [1.165, 1.54) is 23.5 Å². The Balaban J connectivity index is 1.66. The first-order valence-corrected chi connectivity index (χ1v) is 9.54. The number of para-hydroxylation sites is 1. The van der Waals surface area contributed by atoms with Crippen LogP contribution in [-0.4, -0.2) is 32.9 Å². The third-order valence-electron chi connectivity index (χ3n) is 4.25. The van der Waals surface area contributed by atoms with Crippen molar-refractivity contribution in [3.63, 3.8) is 0 Å². The minimum absolute atomic E-state index is 0.0839. The molecule has 6 heteroatoms. The number of nitrogens with zero attached hydrogens (tertiary/aromatic N) is 1. The van der Waals surface area contributed by atoms with Crippen molar-refractivity contribution in [2.24, 2.45) is 0 Å². The lowest BCUT2D eigenvalue weighted by molar-refractivity contribution is 0.275. The molecule has 132 valence electrons. The Labute approximate surface area is 147 Å². The van der Waals surface area contributed by atoms with Crippen molar-refractivity contribution in [2.45, 2.75) is 12.8 Å². The fourth-order valence-electron chi connectivity index (χ4n) is 2.78. The average molecular weight is 361 g/mol. The molecular weight excluding hydrogens is 341 g/mol. The van der Waals surface area contributed by atoms with E-state index in [0.717, 1.165) is 11.1 Å². The van der Waals surface area contributed by atoms with Crippen molar-refractivity contribution >= 4 is 16.1 Å². The van der Waals surface area contributed by atoms with Gasteiger partial charge in [0.15, 0.2) is 11.6 Å². The van der Waals surface area contributed by atoms with Crippen molar-refractivity contribution in [3.8, 4) is 5.75 Å². The lowest BCUT2D eigenvalue weighted by Crippen LogP contribution is -2.32. The van der Waals surface area contributed by atoms with E-state index in [9.17, 15) is 12.8 Å². The average Bonchev–Trinajstić information content (AvgIpc) is 2.62. The summed E-state index contributed by atoms with van der Waals surface area (Å²) in [6.07, 6.45) is 2.93. The topological polar surface area (TPSA) is 46.6 Å². The number of allylic oxidation sites excluding steroid dienone is 1. The lowest BCUT2D eigenvalue weighted by Gasteiger charge is -2.22. The van der Waals surface area contributed by atoms with Crippen LogP contribution >= 0.6 is 0 Å². The second kappa shape index (κ2) is 7.37. The van der Waals surface area contributed by atoms with Gasteiger partial charge < -0.3 is 4.74 Å². The molecule has 0 aliphatic heterocycles. The molecule has 0 bridgehead atoms. The van der Waals surface area contributed by atoms with E-state index in [0.29, 0.717) is 17.7 Å². The van der Waals surface area contributed by atoms with Crippen LogP contribution in [0.5, 0.6) is 5.75 Å². The van der Waals surface area contributed by atoms with Gasteiger partial charge in [-0.3, -0.25) is 0 Å². The smallest absolute Gasteiger partial charge is 0.239 e. The molecule has 1 aliphatic rings. The van der Waals surface area contributed by atoms with Crippen LogP contribution in [0.1, 0.15) is 17.5 Å². The van der Waals surface area contributed by atoms with Gasteiger partial charge in [0.2, 0.25) is 10.0 Å². The molecule has 0 fully saturated rings. The number of hydrogen-bond acceptors (Lipinski definition) is 3. The molecule has 0 saturated heterocycles. The number of aryl methyl sites for hydroxylation is 1. The van der Waals surface area contributed by atoms with Gasteiger partial charge in [0.25, 0.3) is 0 Å². The summed E-state index contributed by atoms with van der Waals surface area (Å²) in [7, 11) is -2.03. The summed E-state index contributed by atoms with van der Waals surface area (Å²) in [6.45, 7) is 0.232. The summed E-state index contributed by atoms with van der Waals surface area (Å²) >= 11 is 0. The normalized spacial score (nSPS) is 14.1. The number of ether oxygens (including phenoxy) is 1. The van der Waals surface area contributed by atoms with E-state index in [-0.39, 0.29) is 18.9 Å². The van der Waals surface area contributed by atoms with Crippen LogP contribution in [0.4, 0.5) is 4.39 Å². The molecule has 0 atom stereocenters. The van der Waals surface area contributed by atoms with Gasteiger partial charge in [-0.15, -0.1) is 0 Å². The first-order valence-electron chi connectivity index (χ1n) is 8.10. The van der Waals surface area contributed by atoms with Gasteiger partial charge in [-0.05, 0) is 42.2 Å². The monoisotopic (exact) mass is 361 g/mol. The maximum atomic E-state index is 13.5. The van der Waals surface area contributed by atoms with Crippen LogP contribution in [0.2, 0.25) is 0 Å². The predicted molar refractivity (Wildman–Crippen MR) is 96.2 cm³/mol. The van der Waals surface area contributed by atoms with Crippen molar-refractivity contribution in [1.29, 1.82) is 0 Å². The molecule has 0 radical (unpaired) electrons. The molecule has 0 spiro atoms. The molecule has 4 nitrogen and oxygen atoms in total. The van der Waals surface area contributed by atoms with Crippen LogP contribution < -0.4 is 4.74 Å². The highest BCUT2D eigenvalue weighted by molar-refractivity contribution is 7.93. The van der Waals surface area contributed by atoms with Gasteiger partial charge in [-0.2, -0.15) is 4.31 Å². The fourth-order valence-corrected chi connectivity index (χ4v) is 4.13. The van der Waals surface area contributed by atoms with Crippen LogP contribution in [0, 0.1) is 5.82 Å². The van der Waals surface area contributed by atoms with Gasteiger partial charge >= 0.3 is 0 Å². The van der Waals surface area contributed by atoms with Gasteiger partial charge in [0.05, 0.1) is 4.91 Å². The highest BCUT2D eigenvalue weighted by Gasteiger charge is 2.25. The zero-order chi connectivity index (χ0) is 17.9. The Kier molecular flexibility index (Phi) is 5.20. The van der Waals surface area contributed by atoms with Gasteiger partial charge in [-0.25, -0.2) is 12.8 Å². The fraction of sp³-hybridized carbons (Fsp3) is 0.263. The molecule has 3 rings (SSSR count). The number of hydrogen-bond donors (Lipinski definition) is 0. The lowest BCUT2D eigenvalue weighted by atomic mass is 9.98. The maximum absolute atomic E-state index is 13.5. The summed E-state index contributed by atoms with van der Waals surface area (Å²) in [5.74, 6) is -0.335. The van der Waals surface area contributed by atoms with E-state index >= 15 is 0 Å². The third-order valence-corrected chi connectivity index (χ3v) is 6.24. The van der Waals surface area contributed by atoms with Crippen molar-refractivity contribution in [2.75, 3.05) is 20.2 Å². The summed E-state index contributed by atoms with van der Waals surface area (Å²) < 4.78 is 45.6. The first-order chi connectivity index (χ1) is 12.0. The SMILES string of the molecule is CN(CCOc1ccccc1F)S(=O)(=O)C1=Cc2ccccc2CC1. The van der Waals surface area contributed by atoms with E-state index < -0.39 is 15.8 Å². The molecule has 0 saturated carbocycles. The molecule has 2 aromatic carbocycles. The van der Waals surface area contributed by atoms with Crippen molar-refractivity contribution < 1.29 is 17.5 Å². The second-order valence-corrected chi connectivity index (χ2v) is 8.01. The zero-order valence-corrected chi connectivity index (χ0v) is 14.8. The van der Waals surface area contributed by atoms with Crippen molar-refractivity contribution in [1.82, 2.24) is 4.31 Å². The summed E-state index contributed by atoms with van der Waals surface area (Å²) in [6, 6.07) is 13.9. The van der Waals surface area contributed by atoms with Gasteiger partial charge in [0.1, 0.15) is 6.61 Å². The minimum atomic E-state index is -3.55. The van der Waals surface area contributed by atoms with E-state index in [4.69, 9.17) is 4.74 Å². The number of fused-ring (bicyclic) bond motifs is 1. The highest BCUT2D eigenvalue weighted by Crippen LogP contribution is 2.28. The molecule has 1 aliphatic carbocycles. The predicted octanol–water partition coefficient (Wildman–Crippen LogP) is 3.45. The highest BCUT2D eigenvalue weighted by atomic mass is 32.2. The molecule has 25 heavy (non-hydrogen) atoms. The molecule has 0 aromatic heterocycles. The largest absolute Gasteiger partial charge is 0.489 e. The van der Waals surface area contributed by atoms with Crippen LogP contribution in [0.25, 0.3) is 6.08 Å². The Morgan fingerprint density at radius 2 is 1.80 bits per heavy atom. The summed E-state index contributed by atoms with van der Waals surface area (Å²) in [5.41, 5.74) is 2.11. The molecule has 2 aromatic rings. The summed E-state index contributed by atoms with van der Waals surface area (Å²) in [4.78, 5) is 0.402. The van der Waals surface area contributed by atoms with Crippen LogP contribution in [0.3, 0.4) is 0 Å². The molecular formula is C19H20FNO3S. The molecule has 0 heterocycles. The van der Waals surface area contributed by atoms with Gasteiger partial charge in [0, 0.05) is 13.6 Å². The Hall–Kier alpha value is -2.18. The van der Waals surface area contributed by atoms with Gasteiger partial charge in [-0.1, -0.05) is 36.4 Å². The van der Waals surface area contributed by atoms with E-state index in [1.54, 1.807) is 18.2 Å². The zero-order valence-electron chi connectivity index (χ0n) is 14.0. The molecule has 0 N–H and O–H groups in total. The quantitative estimate of drug-likeness (QED) is 0.792. The first kappa shape index (κ1) is 17.6. The number of rotatable bonds is 6. The van der Waals surface area contributed by atoms with E-state index in [2.05, 4.69) is 0 Å². The van der Waals surface area contributed by atoms with Crippen LogP contribution in [0.15, 0.2) is 53.4 Å². The molecule has 0 amide bonds. The Morgan fingerprint density at radius 3 is 2.60 bits per heavy atom. The Morgan fingerprint density at radius 1 is 1.08 bits per heavy atom. The molecule has 0 unspecified atom stereocenters.